The molecule has 10 nitrogen and oxygen atoms in total. The molecule has 1 unspecified atom stereocenters. The number of aromatic carboxylic acids is 2. The van der Waals surface area contributed by atoms with Crippen LogP contribution >= 0.6 is 0 Å². The van der Waals surface area contributed by atoms with Gasteiger partial charge >= 0.3 is 11.9 Å². The van der Waals surface area contributed by atoms with Crippen LogP contribution in [0.15, 0.2) is 72.8 Å². The minimum atomic E-state index is -0.910. The number of carboxylic acids is 2. The van der Waals surface area contributed by atoms with Gasteiger partial charge in [-0.15, -0.1) is 11.6 Å². The van der Waals surface area contributed by atoms with E-state index in [1.165, 1.54) is 55.3 Å². The van der Waals surface area contributed by atoms with Crippen LogP contribution in [0.4, 0.5) is 11.4 Å². The molecule has 2 aliphatic carbocycles. The van der Waals surface area contributed by atoms with E-state index in [4.69, 9.17) is 9.97 Å². The van der Waals surface area contributed by atoms with Crippen LogP contribution in [0.2, 0.25) is 0 Å². The minimum Gasteiger partial charge on any atom is -0.535 e. The number of hydrogen-bond acceptors (Lipinski definition) is 6. The van der Waals surface area contributed by atoms with Gasteiger partial charge in [0.25, 0.3) is 0 Å². The fourth-order valence-electron chi connectivity index (χ4n) is 9.42. The van der Waals surface area contributed by atoms with Crippen LogP contribution in [0.3, 0.4) is 0 Å². The number of fused-ring (bicyclic) bond motifs is 4. The molecule has 2 aliphatic heterocycles. The number of anilines is 2. The zero-order chi connectivity index (χ0) is 38.2. The number of imidazole rings is 2. The smallest absolute Gasteiger partial charge is 0.335 e. The molecule has 10 rings (SSSR count). The molecule has 4 aliphatic rings. The normalized spacial score (nSPS) is 18.0. The van der Waals surface area contributed by atoms with E-state index >= 15 is 0 Å². The Hall–Kier alpha value is -3.43. The topological polar surface area (TPSA) is 134 Å². The third-order valence-corrected chi connectivity index (χ3v) is 12.3. The summed E-state index contributed by atoms with van der Waals surface area (Å²) < 4.78 is 4.77. The molecular weight excluding hydrogens is 878 g/mol. The summed E-state index contributed by atoms with van der Waals surface area (Å²) in [5.74, 6) is 0.188. The second-order valence-corrected chi connectivity index (χ2v) is 15.8. The fourth-order valence-corrected chi connectivity index (χ4v) is 9.42. The van der Waals surface area contributed by atoms with Crippen LogP contribution in [0, 0.1) is 12.6 Å². The van der Waals surface area contributed by atoms with Crippen LogP contribution < -0.4 is 10.6 Å². The van der Waals surface area contributed by atoms with Crippen molar-refractivity contribution in [3.8, 4) is 11.4 Å². The van der Waals surface area contributed by atoms with Crippen molar-refractivity contribution in [2.24, 2.45) is 0 Å². The molecule has 2 saturated carbocycles. The fraction of sp³-hybridized carbons (Fsp3) is 0.370. The summed E-state index contributed by atoms with van der Waals surface area (Å²) in [5, 5.41) is 25.8. The Kier molecular flexibility index (Phi) is 13.9. The van der Waals surface area contributed by atoms with Gasteiger partial charge in [-0.05, 0) is 92.3 Å². The van der Waals surface area contributed by atoms with Gasteiger partial charge < -0.3 is 30.0 Å². The van der Waals surface area contributed by atoms with E-state index in [2.05, 4.69) is 62.7 Å². The van der Waals surface area contributed by atoms with Crippen molar-refractivity contribution in [1.29, 1.82) is 0 Å². The van der Waals surface area contributed by atoms with Gasteiger partial charge in [-0.3, -0.25) is 0 Å². The van der Waals surface area contributed by atoms with Gasteiger partial charge in [-0.25, -0.2) is 26.1 Å². The van der Waals surface area contributed by atoms with Crippen molar-refractivity contribution >= 4 is 45.4 Å². The van der Waals surface area contributed by atoms with Crippen molar-refractivity contribution in [3.63, 3.8) is 0 Å². The molecule has 2 aromatic heterocycles. The zero-order valence-corrected chi connectivity index (χ0v) is 38.5. The predicted octanol–water partition coefficient (Wildman–Crippen LogP) is 10.6. The van der Waals surface area contributed by atoms with E-state index in [1.807, 2.05) is 18.2 Å². The summed E-state index contributed by atoms with van der Waals surface area (Å²) in [6, 6.07) is 27.4. The molecule has 4 aromatic carbocycles. The summed E-state index contributed by atoms with van der Waals surface area (Å²) >= 11 is 0. The summed E-state index contributed by atoms with van der Waals surface area (Å²) in [6.45, 7) is 2.10. The van der Waals surface area contributed by atoms with Crippen LogP contribution in [0.25, 0.3) is 33.5 Å². The molecule has 4 heterocycles. The third-order valence-electron chi connectivity index (χ3n) is 12.3. The standard InChI is InChI=1S/2C23H24N3O2.2Y/c27-23(28)16-11-13-21-20(14-16)25-22(26(21)17-7-2-1-3-8-17)19-12-10-15-6-4-5-9-18(15)24-19;27-23(28)17-9-11-21-20(14-17)25-22(26(21)18-6-2-1-3-7-18)16-8-10-19-15(13-16)5-4-12-24-19;;/h5-6,9,11,13-14,17,19,24H,1-3,7-8,10,12H2,(H,27,28);8-14,18,24H,1-7H2,(H,27,28);;/q2*-1;;. The van der Waals surface area contributed by atoms with Crippen molar-refractivity contribution in [2.45, 2.75) is 108 Å². The first-order valence-electron chi connectivity index (χ1n) is 20.4. The maximum Gasteiger partial charge on any atom is 0.335 e. The summed E-state index contributed by atoms with van der Waals surface area (Å²) in [6.07, 6.45) is 16.2. The molecule has 0 bridgehead atoms. The van der Waals surface area contributed by atoms with Crippen LogP contribution in [-0.4, -0.2) is 41.3 Å². The Morgan fingerprint density at radius 1 is 0.690 bits per heavy atom. The van der Waals surface area contributed by atoms with Gasteiger partial charge in [-0.1, -0.05) is 57.1 Å². The maximum absolute atomic E-state index is 11.4. The monoisotopic (exact) mass is 926 g/mol. The number of aryl methyl sites for hydroxylation is 2. The van der Waals surface area contributed by atoms with Crippen LogP contribution in [0.5, 0.6) is 0 Å². The SMILES string of the molecule is O=C(O)c1ccc2c(c1)nc(-c1ccc3c(c1)CC[CH-]N3)n2C1CCCCC1.O=C(O)c1ccc2c(c1)nc(C1CCc3c[c-]ccc3N1)n2C1CCCCC1.[Y].[Y]. The Morgan fingerprint density at radius 3 is 2.00 bits per heavy atom. The van der Waals surface area contributed by atoms with Gasteiger partial charge in [-0.2, -0.15) is 24.6 Å². The first kappa shape index (κ1) is 42.7. The number of benzene rings is 4. The van der Waals surface area contributed by atoms with Gasteiger partial charge in [0.05, 0.1) is 39.2 Å². The number of hydrogen-bond donors (Lipinski definition) is 4. The van der Waals surface area contributed by atoms with E-state index in [9.17, 15) is 19.8 Å². The molecular formula is C46H48N6O4Y2-2. The average molecular weight is 927 g/mol. The number of nitrogens with one attached hydrogen (secondary N) is 2. The van der Waals surface area contributed by atoms with Crippen LogP contribution in [-0.2, 0) is 78.3 Å². The first-order valence-corrected chi connectivity index (χ1v) is 20.4. The number of carboxylic acid groups (broad SMARTS) is 2. The van der Waals surface area contributed by atoms with Gasteiger partial charge in [0.15, 0.2) is 0 Å². The molecule has 0 saturated heterocycles. The maximum atomic E-state index is 11.4. The van der Waals surface area contributed by atoms with Gasteiger partial charge in [0, 0.05) is 88.8 Å². The molecule has 2 fully saturated rings. The van der Waals surface area contributed by atoms with Crippen molar-refractivity contribution in [2.75, 3.05) is 10.6 Å². The van der Waals surface area contributed by atoms with E-state index in [-0.39, 0.29) is 77.0 Å². The summed E-state index contributed by atoms with van der Waals surface area (Å²) in [7, 11) is 0. The van der Waals surface area contributed by atoms with Crippen molar-refractivity contribution < 1.29 is 85.2 Å². The Labute approximate surface area is 389 Å². The number of nitrogens with zero attached hydrogens (tertiary/aromatic N) is 4. The Bertz CT molecular complexity index is 2430. The predicted molar refractivity (Wildman–Crippen MR) is 219 cm³/mol. The zero-order valence-electron chi connectivity index (χ0n) is 32.8. The Balaban J connectivity index is 0.000000171. The van der Waals surface area contributed by atoms with E-state index < -0.39 is 11.9 Å². The molecule has 0 amide bonds. The first-order chi connectivity index (χ1) is 27.4. The molecule has 1 atom stereocenters. The molecule has 4 N–H and O–H groups in total. The molecule has 294 valence electrons. The second kappa shape index (κ2) is 18.9. The number of carbonyl (C=O) groups is 2. The molecule has 12 heteroatoms. The van der Waals surface area contributed by atoms with Crippen molar-refractivity contribution in [1.82, 2.24) is 19.1 Å². The summed E-state index contributed by atoms with van der Waals surface area (Å²) in [4.78, 5) is 32.7. The van der Waals surface area contributed by atoms with Crippen LogP contribution in [0.1, 0.15) is 133 Å². The number of aromatic nitrogens is 4. The minimum absolute atomic E-state index is 0. The molecule has 2 radical (unpaired) electrons. The van der Waals surface area contributed by atoms with Gasteiger partial charge in [0.2, 0.25) is 0 Å². The Morgan fingerprint density at radius 2 is 1.33 bits per heavy atom. The summed E-state index contributed by atoms with van der Waals surface area (Å²) in [5.41, 5.74) is 10.3. The average Bonchev–Trinajstić information content (AvgIpc) is 3.83. The quantitative estimate of drug-likeness (QED) is 0.121. The van der Waals surface area contributed by atoms with E-state index in [1.54, 1.807) is 24.3 Å². The van der Waals surface area contributed by atoms with E-state index in [0.29, 0.717) is 17.6 Å². The van der Waals surface area contributed by atoms with Gasteiger partial charge in [0.1, 0.15) is 11.6 Å². The molecule has 0 spiro atoms. The largest absolute Gasteiger partial charge is 0.535 e. The third kappa shape index (κ3) is 8.73. The second-order valence-electron chi connectivity index (χ2n) is 15.8. The van der Waals surface area contributed by atoms with Crippen molar-refractivity contribution in [3.05, 3.63) is 113 Å². The number of rotatable bonds is 6. The van der Waals surface area contributed by atoms with E-state index in [0.717, 1.165) is 96.3 Å². The molecule has 6 aromatic rings. The molecule has 58 heavy (non-hydrogen) atoms.